The molecule has 0 unspecified atom stereocenters. The van der Waals surface area contributed by atoms with Crippen molar-refractivity contribution in [1.82, 2.24) is 19.5 Å². The number of benzene rings is 7. The third-order valence-corrected chi connectivity index (χ3v) is 9.13. The van der Waals surface area contributed by atoms with E-state index in [2.05, 4.69) is 22.8 Å². The van der Waals surface area contributed by atoms with Crippen LogP contribution in [0.3, 0.4) is 0 Å². The Labute approximate surface area is 294 Å². The summed E-state index contributed by atoms with van der Waals surface area (Å²) in [4.78, 5) is 14.7. The molecule has 0 spiro atoms. The van der Waals surface area contributed by atoms with Gasteiger partial charge in [-0.05, 0) is 53.6 Å². The van der Waals surface area contributed by atoms with Crippen LogP contribution in [-0.4, -0.2) is 19.5 Å². The van der Waals surface area contributed by atoms with Crippen molar-refractivity contribution in [3.8, 4) is 51.0 Å². The third-order valence-electron chi connectivity index (χ3n) is 9.13. The van der Waals surface area contributed by atoms with Crippen molar-refractivity contribution >= 4 is 43.7 Å². The molecular weight excluding hydrogens is 613 g/mol. The Morgan fingerprint density at radius 2 is 1.08 bits per heavy atom. The van der Waals surface area contributed by atoms with Crippen LogP contribution in [0.4, 0.5) is 0 Å². The lowest BCUT2D eigenvalue weighted by Crippen LogP contribution is -2.00. The minimum absolute atomic E-state index is 0.174. The molecular formula is C45H28N4O. The third kappa shape index (κ3) is 4.60. The van der Waals surface area contributed by atoms with Gasteiger partial charge in [-0.3, -0.25) is 0 Å². The fourth-order valence-electron chi connectivity index (χ4n) is 6.85. The van der Waals surface area contributed by atoms with Crippen LogP contribution in [0.5, 0.6) is 0 Å². The second-order valence-electron chi connectivity index (χ2n) is 12.1. The zero-order valence-corrected chi connectivity index (χ0v) is 26.5. The number of furan rings is 1. The Balaban J connectivity index is 1.15. The summed E-state index contributed by atoms with van der Waals surface area (Å²) < 4.78 is 50.5. The van der Waals surface area contributed by atoms with Gasteiger partial charge in [0.25, 0.3) is 0 Å². The van der Waals surface area contributed by atoms with E-state index in [0.29, 0.717) is 28.6 Å². The smallest absolute Gasteiger partial charge is 0.164 e. The van der Waals surface area contributed by atoms with E-state index in [1.165, 1.54) is 0 Å². The average molecular weight is 646 g/mol. The standard InChI is InChI=1S/C45H28N4O/c1-4-13-29(14-5-1)32-24-26-38-36(27-32)34-19-10-11-20-37(34)49(38)39-21-12-22-40-42(39)35-25-23-33(28-41(35)50-40)45-47-43(30-15-6-2-7-16-30)46-44(48-45)31-17-8-3-9-18-31/h1-28H/i1D,4D,5D,13D,14D. The molecule has 0 atom stereocenters. The van der Waals surface area contributed by atoms with E-state index in [1.807, 2.05) is 121 Å². The van der Waals surface area contributed by atoms with Gasteiger partial charge in [-0.15, -0.1) is 0 Å². The average Bonchev–Trinajstić information content (AvgIpc) is 3.78. The Morgan fingerprint density at radius 3 is 1.82 bits per heavy atom. The van der Waals surface area contributed by atoms with Gasteiger partial charge in [-0.25, -0.2) is 15.0 Å². The van der Waals surface area contributed by atoms with Crippen molar-refractivity contribution in [3.05, 3.63) is 170 Å². The van der Waals surface area contributed by atoms with Crippen molar-refractivity contribution in [2.75, 3.05) is 0 Å². The molecule has 0 radical (unpaired) electrons. The van der Waals surface area contributed by atoms with Gasteiger partial charge in [0, 0.05) is 32.8 Å². The topological polar surface area (TPSA) is 56.7 Å². The van der Waals surface area contributed by atoms with Crippen LogP contribution in [0.25, 0.3) is 94.7 Å². The van der Waals surface area contributed by atoms with Crippen molar-refractivity contribution in [3.63, 3.8) is 0 Å². The van der Waals surface area contributed by atoms with Crippen LogP contribution < -0.4 is 0 Å². The lowest BCUT2D eigenvalue weighted by molar-refractivity contribution is 0.669. The van der Waals surface area contributed by atoms with Gasteiger partial charge in [-0.1, -0.05) is 127 Å². The van der Waals surface area contributed by atoms with Crippen LogP contribution in [0, 0.1) is 0 Å². The first-order valence-electron chi connectivity index (χ1n) is 18.8. The highest BCUT2D eigenvalue weighted by Crippen LogP contribution is 2.40. The minimum Gasteiger partial charge on any atom is -0.456 e. The summed E-state index contributed by atoms with van der Waals surface area (Å²) in [5.41, 5.74) is 7.50. The molecule has 234 valence electrons. The largest absolute Gasteiger partial charge is 0.456 e. The first-order valence-corrected chi connectivity index (χ1v) is 16.3. The summed E-state index contributed by atoms with van der Waals surface area (Å²) in [7, 11) is 0. The fourth-order valence-corrected chi connectivity index (χ4v) is 6.85. The summed E-state index contributed by atoms with van der Waals surface area (Å²) in [6.45, 7) is 0. The number of rotatable bonds is 5. The molecule has 0 aliphatic heterocycles. The van der Waals surface area contributed by atoms with E-state index in [4.69, 9.17) is 26.2 Å². The van der Waals surface area contributed by atoms with Gasteiger partial charge in [0.1, 0.15) is 11.2 Å². The normalized spacial score (nSPS) is 13.0. The number of hydrogen-bond donors (Lipinski definition) is 0. The van der Waals surface area contributed by atoms with E-state index in [-0.39, 0.29) is 29.7 Å². The molecule has 10 aromatic rings. The monoisotopic (exact) mass is 645 g/mol. The molecule has 5 nitrogen and oxygen atoms in total. The molecule has 10 rings (SSSR count). The molecule has 0 bridgehead atoms. The second kappa shape index (κ2) is 11.4. The SMILES string of the molecule is [2H]c1c([2H])c([2H])c(-c2ccc3c(c2)c2ccccc2n3-c2cccc3oc4cc(-c5nc(-c6ccccc6)nc(-c6ccccc6)n5)ccc4c23)c([2H])c1[2H]. The molecule has 0 aliphatic rings. The molecule has 0 saturated carbocycles. The molecule has 0 amide bonds. The van der Waals surface area contributed by atoms with Crippen molar-refractivity contribution in [2.24, 2.45) is 0 Å². The molecule has 0 aliphatic carbocycles. The van der Waals surface area contributed by atoms with Gasteiger partial charge < -0.3 is 8.98 Å². The Hall–Kier alpha value is -6.85. The second-order valence-corrected chi connectivity index (χ2v) is 12.1. The highest BCUT2D eigenvalue weighted by molar-refractivity contribution is 6.15. The van der Waals surface area contributed by atoms with Crippen molar-refractivity contribution in [1.29, 1.82) is 0 Å². The molecule has 5 heteroatoms. The van der Waals surface area contributed by atoms with Crippen LogP contribution in [0.2, 0.25) is 0 Å². The predicted molar refractivity (Wildman–Crippen MR) is 203 cm³/mol. The van der Waals surface area contributed by atoms with Crippen LogP contribution >= 0.6 is 0 Å². The first-order chi connectivity index (χ1) is 26.9. The molecule has 3 aromatic heterocycles. The summed E-state index contributed by atoms with van der Waals surface area (Å²) in [5.74, 6) is 1.70. The van der Waals surface area contributed by atoms with Crippen LogP contribution in [-0.2, 0) is 0 Å². The minimum atomic E-state index is -0.411. The molecule has 0 N–H and O–H groups in total. The van der Waals surface area contributed by atoms with Crippen LogP contribution in [0.1, 0.15) is 6.85 Å². The maximum absolute atomic E-state index is 8.60. The van der Waals surface area contributed by atoms with Gasteiger partial charge in [0.05, 0.1) is 29.0 Å². The van der Waals surface area contributed by atoms with Gasteiger partial charge in [0.15, 0.2) is 17.5 Å². The van der Waals surface area contributed by atoms with E-state index in [1.54, 1.807) is 0 Å². The quantitative estimate of drug-likeness (QED) is 0.187. The summed E-state index contributed by atoms with van der Waals surface area (Å²) in [6, 6.07) is 44.0. The predicted octanol–water partition coefficient (Wildman–Crippen LogP) is 11.5. The van der Waals surface area contributed by atoms with Gasteiger partial charge >= 0.3 is 0 Å². The number of nitrogens with zero attached hydrogens (tertiary/aromatic N) is 4. The lowest BCUT2D eigenvalue weighted by Gasteiger charge is -2.10. The fraction of sp³-hybridized carbons (Fsp3) is 0. The summed E-state index contributed by atoms with van der Waals surface area (Å²) in [5, 5.41) is 3.73. The number of fused-ring (bicyclic) bond motifs is 6. The number of hydrogen-bond acceptors (Lipinski definition) is 4. The highest BCUT2D eigenvalue weighted by atomic mass is 16.3. The zero-order chi connectivity index (χ0) is 37.4. The Morgan fingerprint density at radius 1 is 0.440 bits per heavy atom. The summed E-state index contributed by atoms with van der Waals surface area (Å²) in [6.07, 6.45) is 0. The molecule has 0 fully saturated rings. The number of para-hydroxylation sites is 1. The number of aromatic nitrogens is 4. The maximum Gasteiger partial charge on any atom is 0.164 e. The van der Waals surface area contributed by atoms with Crippen molar-refractivity contribution < 1.29 is 11.3 Å². The van der Waals surface area contributed by atoms with Gasteiger partial charge in [0.2, 0.25) is 0 Å². The van der Waals surface area contributed by atoms with E-state index in [9.17, 15) is 0 Å². The molecule has 50 heavy (non-hydrogen) atoms. The summed E-state index contributed by atoms with van der Waals surface area (Å²) >= 11 is 0. The van der Waals surface area contributed by atoms with E-state index >= 15 is 0 Å². The Bertz CT molecular complexity index is 3070. The van der Waals surface area contributed by atoms with E-state index in [0.717, 1.165) is 60.5 Å². The van der Waals surface area contributed by atoms with Crippen LogP contribution in [0.15, 0.2) is 174 Å². The highest BCUT2D eigenvalue weighted by Gasteiger charge is 2.19. The lowest BCUT2D eigenvalue weighted by atomic mass is 10.0. The molecule has 3 heterocycles. The van der Waals surface area contributed by atoms with Crippen molar-refractivity contribution in [2.45, 2.75) is 0 Å². The van der Waals surface area contributed by atoms with E-state index < -0.39 is 6.04 Å². The Kier molecular flexibility index (Phi) is 5.35. The van der Waals surface area contributed by atoms with Gasteiger partial charge in [-0.2, -0.15) is 0 Å². The maximum atomic E-state index is 8.60. The molecule has 0 saturated heterocycles. The first kappa shape index (κ1) is 23.5. The molecule has 7 aromatic carbocycles. The zero-order valence-electron chi connectivity index (χ0n) is 31.5.